The molecule has 3 amide bonds. The highest BCUT2D eigenvalue weighted by atomic mass is 16.6. The highest BCUT2D eigenvalue weighted by Crippen LogP contribution is 2.42. The Morgan fingerprint density at radius 1 is 1.09 bits per heavy atom. The number of benzene rings is 2. The van der Waals surface area contributed by atoms with Crippen LogP contribution in [0.15, 0.2) is 54.6 Å². The van der Waals surface area contributed by atoms with E-state index in [1.807, 2.05) is 37.3 Å². The zero-order chi connectivity index (χ0) is 25.8. The van der Waals surface area contributed by atoms with Gasteiger partial charge in [-0.1, -0.05) is 36.4 Å². The predicted molar refractivity (Wildman–Crippen MR) is 130 cm³/mol. The normalized spacial score (nSPS) is 19.7. The molecule has 1 fully saturated rings. The third-order valence-electron chi connectivity index (χ3n) is 5.86. The molecule has 1 heterocycles. The van der Waals surface area contributed by atoms with Gasteiger partial charge in [0.05, 0.1) is 17.6 Å². The van der Waals surface area contributed by atoms with Crippen LogP contribution in [-0.2, 0) is 19.9 Å². The molecular formula is C26H31N3O6. The van der Waals surface area contributed by atoms with Crippen LogP contribution in [0.25, 0.3) is 0 Å². The van der Waals surface area contributed by atoms with Crippen molar-refractivity contribution in [3.05, 3.63) is 65.7 Å². The number of nitrogens with zero attached hydrogens (tertiary/aromatic N) is 1. The van der Waals surface area contributed by atoms with Crippen LogP contribution in [0.3, 0.4) is 0 Å². The van der Waals surface area contributed by atoms with Crippen LogP contribution in [0.4, 0.5) is 10.5 Å². The highest BCUT2D eigenvalue weighted by Gasteiger charge is 2.50. The summed E-state index contributed by atoms with van der Waals surface area (Å²) >= 11 is 0. The topological polar surface area (TPSA) is 125 Å². The van der Waals surface area contributed by atoms with Crippen LogP contribution >= 0.6 is 0 Å². The number of urea groups is 1. The van der Waals surface area contributed by atoms with Crippen molar-refractivity contribution >= 4 is 29.6 Å². The number of anilines is 1. The van der Waals surface area contributed by atoms with Gasteiger partial charge in [0.25, 0.3) is 0 Å². The molecule has 2 atom stereocenters. The standard InChI is InChI=1S/C26H31N3O6/c1-25(2,3)35-23(33)20-13-14-26(4,18-10-6-5-7-11-18)29(20)21(30)16-27-24(34)28-19-12-8-9-17(15-19)22(31)32/h5-12,15,20H,13-14,16H2,1-4H3,(H,31,32)(H2,27,28,34)/t20-,26+/m0/s1. The number of amides is 3. The Hall–Kier alpha value is -3.88. The van der Waals surface area contributed by atoms with E-state index in [1.165, 1.54) is 23.1 Å². The van der Waals surface area contributed by atoms with Crippen molar-refractivity contribution in [1.29, 1.82) is 0 Å². The summed E-state index contributed by atoms with van der Waals surface area (Å²) in [6, 6.07) is 13.8. The third kappa shape index (κ3) is 6.17. The third-order valence-corrected chi connectivity index (χ3v) is 5.86. The number of carbonyl (C=O) groups is 4. The second kappa shape index (κ2) is 10.2. The molecule has 0 bridgehead atoms. The zero-order valence-electron chi connectivity index (χ0n) is 20.3. The highest BCUT2D eigenvalue weighted by molar-refractivity contribution is 5.95. The van der Waals surface area contributed by atoms with E-state index in [0.29, 0.717) is 12.8 Å². The number of rotatable bonds is 6. The fraction of sp³-hybridized carbons (Fsp3) is 0.385. The van der Waals surface area contributed by atoms with Crippen LogP contribution in [-0.4, -0.2) is 52.1 Å². The minimum Gasteiger partial charge on any atom is -0.478 e. The largest absolute Gasteiger partial charge is 0.478 e. The van der Waals surface area contributed by atoms with Crippen LogP contribution in [0.5, 0.6) is 0 Å². The van der Waals surface area contributed by atoms with Gasteiger partial charge in [0.2, 0.25) is 5.91 Å². The first-order valence-electron chi connectivity index (χ1n) is 11.4. The molecule has 0 radical (unpaired) electrons. The fourth-order valence-corrected chi connectivity index (χ4v) is 4.28. The summed E-state index contributed by atoms with van der Waals surface area (Å²) in [6.07, 6.45) is 0.987. The van der Waals surface area contributed by atoms with Crippen molar-refractivity contribution in [2.75, 3.05) is 11.9 Å². The number of esters is 1. The molecule has 2 aromatic carbocycles. The molecule has 0 aliphatic carbocycles. The molecule has 1 aliphatic heterocycles. The van der Waals surface area contributed by atoms with E-state index < -0.39 is 41.1 Å². The number of carboxylic acid groups (broad SMARTS) is 1. The lowest BCUT2D eigenvalue weighted by atomic mass is 9.89. The first-order chi connectivity index (χ1) is 16.4. The van der Waals surface area contributed by atoms with Crippen molar-refractivity contribution in [1.82, 2.24) is 10.2 Å². The van der Waals surface area contributed by atoms with E-state index in [9.17, 15) is 19.2 Å². The molecule has 3 rings (SSSR count). The summed E-state index contributed by atoms with van der Waals surface area (Å²) in [5.74, 6) is -2.04. The van der Waals surface area contributed by atoms with Gasteiger partial charge in [0, 0.05) is 5.69 Å². The first kappa shape index (κ1) is 25.7. The minimum atomic E-state index is -1.12. The smallest absolute Gasteiger partial charge is 0.335 e. The molecule has 35 heavy (non-hydrogen) atoms. The van der Waals surface area contributed by atoms with Gasteiger partial charge in [-0.05, 0) is 64.3 Å². The van der Waals surface area contributed by atoms with Gasteiger partial charge in [-0.2, -0.15) is 0 Å². The summed E-state index contributed by atoms with van der Waals surface area (Å²) in [5.41, 5.74) is -0.283. The number of likely N-dealkylation sites (tertiary alicyclic amines) is 1. The molecule has 3 N–H and O–H groups in total. The second-order valence-corrected chi connectivity index (χ2v) is 9.69. The van der Waals surface area contributed by atoms with Crippen LogP contribution in [0.2, 0.25) is 0 Å². The summed E-state index contributed by atoms with van der Waals surface area (Å²) in [4.78, 5) is 51.5. The SMILES string of the molecule is CC(C)(C)OC(=O)[C@@H]1CC[C@](C)(c2ccccc2)N1C(=O)CNC(=O)Nc1cccc(C(=O)O)c1. The summed E-state index contributed by atoms with van der Waals surface area (Å²) in [7, 11) is 0. The summed E-state index contributed by atoms with van der Waals surface area (Å²) < 4.78 is 5.59. The van der Waals surface area contributed by atoms with Crippen LogP contribution < -0.4 is 10.6 Å². The van der Waals surface area contributed by atoms with E-state index in [2.05, 4.69) is 10.6 Å². The van der Waals surface area contributed by atoms with Gasteiger partial charge in [-0.3, -0.25) is 4.79 Å². The monoisotopic (exact) mass is 481 g/mol. The first-order valence-corrected chi connectivity index (χ1v) is 11.4. The minimum absolute atomic E-state index is 0.0229. The maximum atomic E-state index is 13.4. The molecule has 9 heteroatoms. The molecule has 1 aliphatic rings. The van der Waals surface area contributed by atoms with E-state index in [0.717, 1.165) is 5.56 Å². The quantitative estimate of drug-likeness (QED) is 0.540. The molecule has 2 aromatic rings. The van der Waals surface area contributed by atoms with Crippen molar-refractivity contribution in [2.45, 2.75) is 57.7 Å². The number of hydrogen-bond donors (Lipinski definition) is 3. The average molecular weight is 482 g/mol. The number of nitrogens with one attached hydrogen (secondary N) is 2. The van der Waals surface area contributed by atoms with Crippen LogP contribution in [0.1, 0.15) is 56.5 Å². The van der Waals surface area contributed by atoms with E-state index >= 15 is 0 Å². The molecular weight excluding hydrogens is 450 g/mol. The Morgan fingerprint density at radius 3 is 2.40 bits per heavy atom. The molecule has 0 spiro atoms. The van der Waals surface area contributed by atoms with Gasteiger partial charge in [-0.15, -0.1) is 0 Å². The van der Waals surface area contributed by atoms with Gasteiger partial charge < -0.3 is 25.4 Å². The van der Waals surface area contributed by atoms with Gasteiger partial charge in [-0.25, -0.2) is 14.4 Å². The Bertz CT molecular complexity index is 1110. The Morgan fingerprint density at radius 2 is 1.77 bits per heavy atom. The van der Waals surface area contributed by atoms with E-state index in [4.69, 9.17) is 9.84 Å². The Kier molecular flexibility index (Phi) is 7.48. The molecule has 1 saturated heterocycles. The maximum absolute atomic E-state index is 13.4. The van der Waals surface area contributed by atoms with Gasteiger partial charge in [0.15, 0.2) is 0 Å². The fourth-order valence-electron chi connectivity index (χ4n) is 4.28. The lowest BCUT2D eigenvalue weighted by Gasteiger charge is -2.39. The summed E-state index contributed by atoms with van der Waals surface area (Å²) in [6.45, 7) is 6.86. The number of carbonyl (C=O) groups excluding carboxylic acids is 3. The Balaban J connectivity index is 1.77. The molecule has 0 saturated carbocycles. The van der Waals surface area contributed by atoms with Gasteiger partial charge >= 0.3 is 18.0 Å². The Labute approximate surface area is 204 Å². The number of ether oxygens (including phenoxy) is 1. The number of carboxylic acids is 1. The van der Waals surface area contributed by atoms with Crippen molar-refractivity contribution < 1.29 is 29.0 Å². The van der Waals surface area contributed by atoms with Crippen LogP contribution in [0, 0.1) is 0 Å². The second-order valence-electron chi connectivity index (χ2n) is 9.69. The van der Waals surface area contributed by atoms with Crippen molar-refractivity contribution in [2.24, 2.45) is 0 Å². The molecule has 186 valence electrons. The molecule has 9 nitrogen and oxygen atoms in total. The lowest BCUT2D eigenvalue weighted by molar-refractivity contribution is -0.165. The number of aromatic carboxylic acids is 1. The lowest BCUT2D eigenvalue weighted by Crippen LogP contribution is -2.54. The summed E-state index contributed by atoms with van der Waals surface area (Å²) in [5, 5.41) is 14.1. The molecule has 0 unspecified atom stereocenters. The van der Waals surface area contributed by atoms with E-state index in [-0.39, 0.29) is 17.8 Å². The molecule has 0 aromatic heterocycles. The number of hydrogen-bond acceptors (Lipinski definition) is 5. The van der Waals surface area contributed by atoms with Crippen molar-refractivity contribution in [3.8, 4) is 0 Å². The predicted octanol–water partition coefficient (Wildman–Crippen LogP) is 3.75. The van der Waals surface area contributed by atoms with E-state index in [1.54, 1.807) is 26.8 Å². The zero-order valence-corrected chi connectivity index (χ0v) is 20.3. The average Bonchev–Trinajstić information content (AvgIpc) is 3.16. The van der Waals surface area contributed by atoms with Crippen molar-refractivity contribution in [3.63, 3.8) is 0 Å². The van der Waals surface area contributed by atoms with Gasteiger partial charge in [0.1, 0.15) is 11.6 Å². The maximum Gasteiger partial charge on any atom is 0.335 e.